The number of pyridine rings is 1. The summed E-state index contributed by atoms with van der Waals surface area (Å²) in [7, 11) is 0. The van der Waals surface area contributed by atoms with E-state index in [-0.39, 0.29) is 0 Å². The summed E-state index contributed by atoms with van der Waals surface area (Å²) in [6.07, 6.45) is 4.37. The molecule has 0 bridgehead atoms. The minimum absolute atomic E-state index is 1.26. The maximum absolute atomic E-state index is 2.44. The molecule has 0 atom stereocenters. The van der Waals surface area contributed by atoms with Crippen molar-refractivity contribution in [1.82, 2.24) is 8.97 Å². The van der Waals surface area contributed by atoms with Crippen molar-refractivity contribution in [3.8, 4) is 5.69 Å². The monoisotopic (exact) mass is 288 g/mol. The van der Waals surface area contributed by atoms with E-state index in [1.54, 1.807) is 0 Å². The topological polar surface area (TPSA) is 9.34 Å². The van der Waals surface area contributed by atoms with E-state index < -0.39 is 0 Å². The minimum Gasteiger partial charge on any atom is -0.321 e. The van der Waals surface area contributed by atoms with Crippen LogP contribution in [0.1, 0.15) is 22.4 Å². The van der Waals surface area contributed by atoms with Gasteiger partial charge in [0.2, 0.25) is 0 Å². The Bertz CT molecular complexity index is 995. The first kappa shape index (κ1) is 13.2. The highest BCUT2D eigenvalue weighted by atomic mass is 15.0. The average molecular weight is 288 g/mol. The van der Waals surface area contributed by atoms with E-state index >= 15 is 0 Å². The van der Waals surface area contributed by atoms with Crippen LogP contribution in [-0.4, -0.2) is 8.97 Å². The Labute approximate surface area is 130 Å². The summed E-state index contributed by atoms with van der Waals surface area (Å²) in [5, 5.41) is 1.34. The summed E-state index contributed by atoms with van der Waals surface area (Å²) in [5.41, 5.74) is 9.21. The molecule has 2 heteroatoms. The Kier molecular flexibility index (Phi) is 2.70. The van der Waals surface area contributed by atoms with Crippen molar-refractivity contribution < 1.29 is 0 Å². The molecule has 0 spiro atoms. The van der Waals surface area contributed by atoms with Crippen LogP contribution >= 0.6 is 0 Å². The van der Waals surface area contributed by atoms with E-state index in [0.717, 1.165) is 0 Å². The number of hydrogen-bond donors (Lipinski definition) is 0. The van der Waals surface area contributed by atoms with Gasteiger partial charge in [-0.15, -0.1) is 0 Å². The van der Waals surface area contributed by atoms with E-state index in [9.17, 15) is 0 Å². The van der Waals surface area contributed by atoms with Crippen molar-refractivity contribution in [2.45, 2.75) is 27.7 Å². The molecule has 0 aliphatic rings. The molecule has 2 nitrogen and oxygen atoms in total. The summed E-state index contributed by atoms with van der Waals surface area (Å²) in [6.45, 7) is 8.84. The van der Waals surface area contributed by atoms with Crippen LogP contribution in [0.3, 0.4) is 0 Å². The smallest absolute Gasteiger partial charge is 0.0790 e. The molecule has 0 N–H and O–H groups in total. The lowest BCUT2D eigenvalue weighted by Crippen LogP contribution is -2.02. The fraction of sp³-hybridized carbons (Fsp3) is 0.200. The van der Waals surface area contributed by atoms with Crippen LogP contribution in [0.4, 0.5) is 0 Å². The SMILES string of the molecule is Cc1cccc(C)c1-n1c(C)c(C)c2cn3ccccc3c21. The maximum Gasteiger partial charge on any atom is 0.0790 e. The standard InChI is InChI=1S/C20H20N2/c1-13-8-7-9-14(2)19(13)22-16(4)15(3)17-12-21-11-6-5-10-18(21)20(17)22/h5-12H,1-4H3. The Morgan fingerprint density at radius 3 is 2.27 bits per heavy atom. The van der Waals surface area contributed by atoms with E-state index in [2.05, 4.69) is 85.5 Å². The van der Waals surface area contributed by atoms with Crippen LogP contribution in [-0.2, 0) is 0 Å². The summed E-state index contributed by atoms with van der Waals surface area (Å²) in [5.74, 6) is 0. The Balaban J connectivity index is 2.24. The summed E-state index contributed by atoms with van der Waals surface area (Å²) >= 11 is 0. The van der Waals surface area contributed by atoms with Gasteiger partial charge < -0.3 is 8.97 Å². The van der Waals surface area contributed by atoms with Crippen molar-refractivity contribution >= 4 is 16.4 Å². The van der Waals surface area contributed by atoms with Crippen molar-refractivity contribution in [3.05, 3.63) is 71.2 Å². The van der Waals surface area contributed by atoms with Crippen molar-refractivity contribution in [1.29, 1.82) is 0 Å². The zero-order chi connectivity index (χ0) is 15.4. The molecule has 0 saturated heterocycles. The van der Waals surface area contributed by atoms with Crippen LogP contribution in [0.5, 0.6) is 0 Å². The summed E-state index contributed by atoms with van der Waals surface area (Å²) < 4.78 is 4.66. The molecule has 0 aliphatic carbocycles. The third-order valence-corrected chi connectivity index (χ3v) is 4.82. The molecule has 0 aliphatic heterocycles. The zero-order valence-electron chi connectivity index (χ0n) is 13.5. The highest BCUT2D eigenvalue weighted by molar-refractivity contribution is 5.99. The van der Waals surface area contributed by atoms with Crippen LogP contribution in [0, 0.1) is 27.7 Å². The Morgan fingerprint density at radius 1 is 0.818 bits per heavy atom. The third kappa shape index (κ3) is 1.61. The van der Waals surface area contributed by atoms with Crippen molar-refractivity contribution in [2.75, 3.05) is 0 Å². The molecular formula is C20H20N2. The second-order valence-corrected chi connectivity index (χ2v) is 6.17. The lowest BCUT2D eigenvalue weighted by atomic mass is 10.1. The molecule has 22 heavy (non-hydrogen) atoms. The molecule has 0 fully saturated rings. The van der Waals surface area contributed by atoms with Gasteiger partial charge in [-0.1, -0.05) is 24.3 Å². The largest absolute Gasteiger partial charge is 0.321 e. The van der Waals surface area contributed by atoms with Gasteiger partial charge in [-0.3, -0.25) is 0 Å². The van der Waals surface area contributed by atoms with Crippen molar-refractivity contribution in [3.63, 3.8) is 0 Å². The third-order valence-electron chi connectivity index (χ3n) is 4.82. The van der Waals surface area contributed by atoms with E-state index in [4.69, 9.17) is 0 Å². The van der Waals surface area contributed by atoms with Crippen molar-refractivity contribution in [2.24, 2.45) is 0 Å². The van der Waals surface area contributed by atoms with Crippen LogP contribution in [0.2, 0.25) is 0 Å². The van der Waals surface area contributed by atoms with Gasteiger partial charge in [0.15, 0.2) is 0 Å². The molecule has 4 aromatic rings. The number of aryl methyl sites for hydroxylation is 3. The van der Waals surface area contributed by atoms with Gasteiger partial charge in [-0.05, 0) is 56.5 Å². The average Bonchev–Trinajstić information content (AvgIpc) is 2.98. The second kappa shape index (κ2) is 4.51. The van der Waals surface area contributed by atoms with Gasteiger partial charge in [-0.25, -0.2) is 0 Å². The molecule has 0 radical (unpaired) electrons. The lowest BCUT2D eigenvalue weighted by molar-refractivity contribution is 1.01. The minimum atomic E-state index is 1.26. The molecule has 0 unspecified atom stereocenters. The van der Waals surface area contributed by atoms with Gasteiger partial charge in [-0.2, -0.15) is 0 Å². The Hall–Kier alpha value is -2.48. The normalized spacial score (nSPS) is 11.6. The predicted molar refractivity (Wildman–Crippen MR) is 93.2 cm³/mol. The predicted octanol–water partition coefficient (Wildman–Crippen LogP) is 5.12. The highest BCUT2D eigenvalue weighted by Crippen LogP contribution is 2.34. The van der Waals surface area contributed by atoms with Gasteiger partial charge in [0.25, 0.3) is 0 Å². The van der Waals surface area contributed by atoms with Crippen LogP contribution in [0.15, 0.2) is 48.8 Å². The van der Waals surface area contributed by atoms with Crippen LogP contribution in [0.25, 0.3) is 22.1 Å². The highest BCUT2D eigenvalue weighted by Gasteiger charge is 2.18. The number of nitrogens with zero attached hydrogens (tertiary/aromatic N) is 2. The van der Waals surface area contributed by atoms with Crippen LogP contribution < -0.4 is 0 Å². The molecule has 0 amide bonds. The quantitative estimate of drug-likeness (QED) is 0.460. The van der Waals surface area contributed by atoms with Gasteiger partial charge >= 0.3 is 0 Å². The zero-order valence-corrected chi connectivity index (χ0v) is 13.5. The first-order valence-corrected chi connectivity index (χ1v) is 7.73. The van der Waals surface area contributed by atoms with Gasteiger partial charge in [0, 0.05) is 23.5 Å². The van der Waals surface area contributed by atoms with Gasteiger partial charge in [0.05, 0.1) is 16.7 Å². The molecule has 0 saturated carbocycles. The maximum atomic E-state index is 2.44. The summed E-state index contributed by atoms with van der Waals surface area (Å²) in [6, 6.07) is 12.9. The molecular weight excluding hydrogens is 268 g/mol. The first-order chi connectivity index (χ1) is 10.6. The number of fused-ring (bicyclic) bond motifs is 3. The fourth-order valence-electron chi connectivity index (χ4n) is 3.59. The Morgan fingerprint density at radius 2 is 1.55 bits per heavy atom. The van der Waals surface area contributed by atoms with E-state index in [1.807, 2.05) is 0 Å². The lowest BCUT2D eigenvalue weighted by Gasteiger charge is -2.15. The van der Waals surface area contributed by atoms with E-state index in [0.29, 0.717) is 0 Å². The van der Waals surface area contributed by atoms with E-state index in [1.165, 1.54) is 44.5 Å². The molecule has 3 aromatic heterocycles. The fourth-order valence-corrected chi connectivity index (χ4v) is 3.59. The molecule has 110 valence electrons. The molecule has 1 aromatic carbocycles. The number of para-hydroxylation sites is 1. The number of aromatic nitrogens is 2. The number of rotatable bonds is 1. The van der Waals surface area contributed by atoms with Gasteiger partial charge in [0.1, 0.15) is 0 Å². The second-order valence-electron chi connectivity index (χ2n) is 6.17. The summed E-state index contributed by atoms with van der Waals surface area (Å²) in [4.78, 5) is 0. The number of benzene rings is 1. The number of hydrogen-bond acceptors (Lipinski definition) is 0. The first-order valence-electron chi connectivity index (χ1n) is 7.73. The molecule has 4 rings (SSSR count). The molecule has 3 heterocycles.